The number of nitrogens with one attached hydrogen (secondary N) is 1. The molecule has 0 bridgehead atoms. The van der Waals surface area contributed by atoms with Crippen molar-refractivity contribution in [2.45, 2.75) is 13.5 Å². The maximum Gasteiger partial charge on any atom is 0.252 e. The van der Waals surface area contributed by atoms with E-state index in [1.807, 2.05) is 19.1 Å². The average Bonchev–Trinajstić information content (AvgIpc) is 3.21. The van der Waals surface area contributed by atoms with Crippen molar-refractivity contribution in [2.24, 2.45) is 0 Å². The van der Waals surface area contributed by atoms with Gasteiger partial charge in [-0.15, -0.1) is 5.10 Å². The number of hydrogen-bond acceptors (Lipinski definition) is 5. The Labute approximate surface area is 193 Å². The van der Waals surface area contributed by atoms with Crippen molar-refractivity contribution in [3.05, 3.63) is 82.8 Å². The molecule has 0 atom stereocenters. The topological polar surface area (TPSA) is 85.6 Å². The quantitative estimate of drug-likeness (QED) is 0.413. The van der Waals surface area contributed by atoms with Gasteiger partial charge in [-0.05, 0) is 43.3 Å². The van der Waals surface area contributed by atoms with Crippen LogP contribution < -0.4 is 5.32 Å². The summed E-state index contributed by atoms with van der Waals surface area (Å²) in [7, 11) is 0. The van der Waals surface area contributed by atoms with Crippen LogP contribution >= 0.6 is 11.6 Å². The standard InChI is InChI=1S/C24H18ClFN6O/c1-2-27-24(33)17-6-5-15(11-18(17)25)20-7-8-21-23(29-20)32(31-30-21)13-16-10-14-4-3-9-28-22(14)12-19(16)26/h3-12H,2,13H2,1H3,(H,27,33). The number of halogens is 2. The summed E-state index contributed by atoms with van der Waals surface area (Å²) < 4.78 is 16.2. The smallest absolute Gasteiger partial charge is 0.252 e. The lowest BCUT2D eigenvalue weighted by molar-refractivity contribution is 0.0956. The molecule has 164 valence electrons. The number of amides is 1. The highest BCUT2D eigenvalue weighted by Gasteiger charge is 2.14. The number of nitrogens with zero attached hydrogens (tertiary/aromatic N) is 5. The van der Waals surface area contributed by atoms with Gasteiger partial charge >= 0.3 is 0 Å². The van der Waals surface area contributed by atoms with E-state index in [1.165, 1.54) is 6.07 Å². The van der Waals surface area contributed by atoms with Gasteiger partial charge in [-0.25, -0.2) is 14.1 Å². The molecule has 5 rings (SSSR count). The largest absolute Gasteiger partial charge is 0.352 e. The van der Waals surface area contributed by atoms with Crippen LogP contribution in [0.1, 0.15) is 22.8 Å². The van der Waals surface area contributed by atoms with Crippen LogP contribution in [0.3, 0.4) is 0 Å². The van der Waals surface area contributed by atoms with E-state index < -0.39 is 0 Å². The molecule has 5 aromatic rings. The molecular formula is C24H18ClFN6O. The Hall–Kier alpha value is -3.91. The second-order valence-corrected chi connectivity index (χ2v) is 7.89. The van der Waals surface area contributed by atoms with E-state index in [0.717, 1.165) is 10.9 Å². The van der Waals surface area contributed by atoms with E-state index in [-0.39, 0.29) is 18.3 Å². The molecule has 2 aromatic carbocycles. The lowest BCUT2D eigenvalue weighted by Crippen LogP contribution is -2.22. The first-order valence-corrected chi connectivity index (χ1v) is 10.7. The summed E-state index contributed by atoms with van der Waals surface area (Å²) in [5.74, 6) is -0.596. The van der Waals surface area contributed by atoms with Gasteiger partial charge in [-0.1, -0.05) is 28.9 Å². The zero-order valence-electron chi connectivity index (χ0n) is 17.6. The van der Waals surface area contributed by atoms with Crippen molar-refractivity contribution in [3.63, 3.8) is 0 Å². The van der Waals surface area contributed by atoms with Crippen LogP contribution in [0.2, 0.25) is 5.02 Å². The highest BCUT2D eigenvalue weighted by molar-refractivity contribution is 6.34. The summed E-state index contributed by atoms with van der Waals surface area (Å²) in [4.78, 5) is 21.0. The Kier molecular flexibility index (Phi) is 5.43. The molecule has 3 heterocycles. The highest BCUT2D eigenvalue weighted by Crippen LogP contribution is 2.26. The Bertz CT molecular complexity index is 1520. The van der Waals surface area contributed by atoms with Gasteiger partial charge in [-0.3, -0.25) is 9.78 Å². The van der Waals surface area contributed by atoms with Crippen LogP contribution in [-0.2, 0) is 6.54 Å². The summed E-state index contributed by atoms with van der Waals surface area (Å²) in [6.07, 6.45) is 1.63. The van der Waals surface area contributed by atoms with Crippen molar-refractivity contribution in [3.8, 4) is 11.3 Å². The van der Waals surface area contributed by atoms with Crippen molar-refractivity contribution in [1.29, 1.82) is 0 Å². The number of aromatic nitrogens is 5. The van der Waals surface area contributed by atoms with Crippen molar-refractivity contribution < 1.29 is 9.18 Å². The summed E-state index contributed by atoms with van der Waals surface area (Å²) in [6.45, 7) is 2.53. The minimum atomic E-state index is -0.367. The van der Waals surface area contributed by atoms with Crippen molar-refractivity contribution in [2.75, 3.05) is 6.54 Å². The molecule has 7 nitrogen and oxygen atoms in total. The van der Waals surface area contributed by atoms with Crippen LogP contribution in [0.4, 0.5) is 4.39 Å². The zero-order valence-corrected chi connectivity index (χ0v) is 18.3. The molecule has 0 saturated heterocycles. The van der Waals surface area contributed by atoms with Gasteiger partial charge < -0.3 is 5.32 Å². The SMILES string of the molecule is CCNC(=O)c1ccc(-c2ccc3nnn(Cc4cc5cccnc5cc4F)c3n2)cc1Cl. The molecule has 0 radical (unpaired) electrons. The Morgan fingerprint density at radius 2 is 2.00 bits per heavy atom. The molecule has 1 amide bonds. The fourth-order valence-electron chi connectivity index (χ4n) is 3.66. The van der Waals surface area contributed by atoms with Crippen LogP contribution in [0, 0.1) is 5.82 Å². The van der Waals surface area contributed by atoms with E-state index >= 15 is 0 Å². The van der Waals surface area contributed by atoms with Crippen LogP contribution in [0.5, 0.6) is 0 Å². The maximum absolute atomic E-state index is 14.7. The van der Waals surface area contributed by atoms with E-state index in [0.29, 0.717) is 45.1 Å². The molecule has 3 aromatic heterocycles. The summed E-state index contributed by atoms with van der Waals surface area (Å²) in [5, 5.41) is 12.2. The molecule has 0 fully saturated rings. The van der Waals surface area contributed by atoms with Crippen LogP contribution in [0.15, 0.2) is 60.8 Å². The third-order valence-corrected chi connectivity index (χ3v) is 5.61. The van der Waals surface area contributed by atoms with Crippen molar-refractivity contribution in [1.82, 2.24) is 30.3 Å². The zero-order chi connectivity index (χ0) is 22.9. The lowest BCUT2D eigenvalue weighted by Gasteiger charge is -2.08. The summed E-state index contributed by atoms with van der Waals surface area (Å²) >= 11 is 6.35. The first-order valence-electron chi connectivity index (χ1n) is 10.3. The molecule has 0 aliphatic rings. The third-order valence-electron chi connectivity index (χ3n) is 5.30. The predicted molar refractivity (Wildman–Crippen MR) is 125 cm³/mol. The number of carbonyl (C=O) groups excluding carboxylic acids is 1. The first kappa shape index (κ1) is 21.0. The average molecular weight is 461 g/mol. The number of pyridine rings is 2. The van der Waals surface area contributed by atoms with Gasteiger partial charge in [0, 0.05) is 35.3 Å². The normalized spacial score (nSPS) is 11.2. The lowest BCUT2D eigenvalue weighted by atomic mass is 10.1. The van der Waals surface area contributed by atoms with Crippen LogP contribution in [-0.4, -0.2) is 37.4 Å². The molecule has 0 saturated carbocycles. The summed E-state index contributed by atoms with van der Waals surface area (Å²) in [6, 6.07) is 15.6. The van der Waals surface area contributed by atoms with Crippen molar-refractivity contribution >= 4 is 39.6 Å². The number of fused-ring (bicyclic) bond motifs is 2. The van der Waals surface area contributed by atoms with Gasteiger partial charge in [0.2, 0.25) is 0 Å². The Morgan fingerprint density at radius 3 is 2.82 bits per heavy atom. The predicted octanol–water partition coefficient (Wildman–Crippen LogP) is 4.63. The molecule has 33 heavy (non-hydrogen) atoms. The fraction of sp³-hybridized carbons (Fsp3) is 0.125. The Balaban J connectivity index is 1.50. The molecule has 9 heteroatoms. The first-order chi connectivity index (χ1) is 16.0. The highest BCUT2D eigenvalue weighted by atomic mass is 35.5. The molecule has 0 aliphatic heterocycles. The van der Waals surface area contributed by atoms with Gasteiger partial charge in [0.05, 0.1) is 28.3 Å². The molecule has 1 N–H and O–H groups in total. The minimum Gasteiger partial charge on any atom is -0.352 e. The van der Waals surface area contributed by atoms with E-state index in [2.05, 4.69) is 25.6 Å². The summed E-state index contributed by atoms with van der Waals surface area (Å²) in [5.41, 5.74) is 3.94. The molecule has 0 spiro atoms. The molecular weight excluding hydrogens is 443 g/mol. The maximum atomic E-state index is 14.7. The van der Waals surface area contributed by atoms with Gasteiger partial charge in [-0.2, -0.15) is 0 Å². The van der Waals surface area contributed by atoms with Gasteiger partial charge in [0.1, 0.15) is 11.3 Å². The van der Waals surface area contributed by atoms with E-state index in [1.54, 1.807) is 47.3 Å². The third kappa shape index (κ3) is 4.01. The number of rotatable bonds is 5. The molecule has 0 unspecified atom stereocenters. The molecule has 0 aliphatic carbocycles. The number of carbonyl (C=O) groups is 1. The van der Waals surface area contributed by atoms with E-state index in [4.69, 9.17) is 11.6 Å². The fourth-order valence-corrected chi connectivity index (χ4v) is 3.93. The minimum absolute atomic E-state index is 0.167. The Morgan fingerprint density at radius 1 is 1.12 bits per heavy atom. The number of hydrogen-bond donors (Lipinski definition) is 1. The second-order valence-electron chi connectivity index (χ2n) is 7.48. The van der Waals surface area contributed by atoms with Crippen LogP contribution in [0.25, 0.3) is 33.3 Å². The second kappa shape index (κ2) is 8.55. The monoisotopic (exact) mass is 460 g/mol. The number of benzene rings is 2. The van der Waals surface area contributed by atoms with Gasteiger partial charge in [0.15, 0.2) is 5.65 Å². The van der Waals surface area contributed by atoms with Gasteiger partial charge in [0.25, 0.3) is 5.91 Å². The van der Waals surface area contributed by atoms with E-state index in [9.17, 15) is 9.18 Å².